The van der Waals surface area contributed by atoms with Crippen LogP contribution in [0.2, 0.25) is 0 Å². The van der Waals surface area contributed by atoms with Crippen molar-refractivity contribution < 1.29 is 4.79 Å². The van der Waals surface area contributed by atoms with Crippen molar-refractivity contribution in [1.29, 1.82) is 0 Å². The second kappa shape index (κ2) is 9.30. The number of carbonyl (C=O) groups excluding carboxylic acids is 1. The maximum absolute atomic E-state index is 12.9. The van der Waals surface area contributed by atoms with Crippen LogP contribution in [0, 0.1) is 5.92 Å². The summed E-state index contributed by atoms with van der Waals surface area (Å²) in [6.45, 7) is 2.22. The molecule has 0 heterocycles. The fourth-order valence-corrected chi connectivity index (χ4v) is 4.39. The third kappa shape index (κ3) is 5.50. The van der Waals surface area contributed by atoms with Crippen LogP contribution in [0.3, 0.4) is 0 Å². The number of Topliss-reactive ketones (excluding diaryl/α,β-unsaturated/α-hetero) is 1. The Balaban J connectivity index is 1.98. The van der Waals surface area contributed by atoms with E-state index in [9.17, 15) is 4.79 Å². The summed E-state index contributed by atoms with van der Waals surface area (Å²) in [5.41, 5.74) is 0. The molecule has 0 saturated heterocycles. The van der Waals surface area contributed by atoms with Gasteiger partial charge in [0.25, 0.3) is 0 Å². The van der Waals surface area contributed by atoms with Crippen LogP contribution >= 0.6 is 11.8 Å². The van der Waals surface area contributed by atoms with Crippen LogP contribution < -0.4 is 0 Å². The van der Waals surface area contributed by atoms with E-state index in [1.807, 2.05) is 6.07 Å². The number of benzene rings is 1. The zero-order valence-electron chi connectivity index (χ0n) is 13.2. The fraction of sp³-hybridized carbons (Fsp3) is 0.632. The van der Waals surface area contributed by atoms with Gasteiger partial charge in [0.2, 0.25) is 0 Å². The van der Waals surface area contributed by atoms with Gasteiger partial charge in [-0.05, 0) is 31.4 Å². The Labute approximate surface area is 133 Å². The second-order valence-electron chi connectivity index (χ2n) is 6.15. The first kappa shape index (κ1) is 16.6. The van der Waals surface area contributed by atoms with Crippen molar-refractivity contribution in [2.75, 3.05) is 0 Å². The van der Waals surface area contributed by atoms with E-state index in [0.717, 1.165) is 19.3 Å². The largest absolute Gasteiger partial charge is 0.298 e. The van der Waals surface area contributed by atoms with Crippen LogP contribution in [0.15, 0.2) is 35.2 Å². The number of hydrogen-bond acceptors (Lipinski definition) is 2. The Morgan fingerprint density at radius 2 is 1.86 bits per heavy atom. The van der Waals surface area contributed by atoms with Gasteiger partial charge in [-0.1, -0.05) is 63.6 Å². The van der Waals surface area contributed by atoms with Gasteiger partial charge in [-0.3, -0.25) is 4.79 Å². The first-order valence-corrected chi connectivity index (χ1v) is 9.44. The molecule has 0 aromatic heterocycles. The number of ketones is 1. The van der Waals surface area contributed by atoms with Gasteiger partial charge >= 0.3 is 0 Å². The molecule has 1 aromatic rings. The molecule has 0 amide bonds. The highest BCUT2D eigenvalue weighted by Gasteiger charge is 2.28. The molecule has 21 heavy (non-hydrogen) atoms. The van der Waals surface area contributed by atoms with Crippen LogP contribution in [0.4, 0.5) is 0 Å². The first-order chi connectivity index (χ1) is 10.3. The summed E-state index contributed by atoms with van der Waals surface area (Å²) in [6.07, 6.45) is 10.7. The Kier molecular flexibility index (Phi) is 7.35. The zero-order chi connectivity index (χ0) is 14.9. The van der Waals surface area contributed by atoms with E-state index in [1.165, 1.54) is 43.4 Å². The molecule has 0 N–H and O–H groups in total. The number of unbranched alkanes of at least 4 members (excludes halogenated alkanes) is 2. The molecular weight excluding hydrogens is 276 g/mol. The van der Waals surface area contributed by atoms with E-state index >= 15 is 0 Å². The average Bonchev–Trinajstić information content (AvgIpc) is 2.55. The van der Waals surface area contributed by atoms with Crippen molar-refractivity contribution in [3.8, 4) is 0 Å². The highest BCUT2D eigenvalue weighted by molar-refractivity contribution is 8.00. The van der Waals surface area contributed by atoms with Crippen LogP contribution in [-0.4, -0.2) is 11.0 Å². The Morgan fingerprint density at radius 1 is 1.14 bits per heavy atom. The van der Waals surface area contributed by atoms with Crippen molar-refractivity contribution in [2.24, 2.45) is 5.92 Å². The first-order valence-electron chi connectivity index (χ1n) is 8.56. The van der Waals surface area contributed by atoms with Crippen molar-refractivity contribution >= 4 is 17.5 Å². The third-order valence-electron chi connectivity index (χ3n) is 4.42. The van der Waals surface area contributed by atoms with Gasteiger partial charge in [-0.25, -0.2) is 0 Å². The summed E-state index contributed by atoms with van der Waals surface area (Å²) in [6, 6.07) is 10.4. The molecular formula is C19H28OS. The third-order valence-corrected chi connectivity index (χ3v) is 5.71. The predicted octanol–water partition coefficient (Wildman–Crippen LogP) is 5.88. The van der Waals surface area contributed by atoms with Crippen molar-refractivity contribution in [2.45, 2.75) is 74.9 Å². The molecule has 1 nitrogen and oxygen atoms in total. The molecule has 1 unspecified atom stereocenters. The molecule has 2 rings (SSSR count). The van der Waals surface area contributed by atoms with E-state index in [0.29, 0.717) is 11.7 Å². The maximum atomic E-state index is 12.9. The molecule has 0 aliphatic heterocycles. The summed E-state index contributed by atoms with van der Waals surface area (Å²) < 4.78 is 0. The summed E-state index contributed by atoms with van der Waals surface area (Å²) in [5, 5.41) is 0.169. The fourth-order valence-electron chi connectivity index (χ4n) is 3.15. The number of hydrogen-bond donors (Lipinski definition) is 0. The molecule has 1 aliphatic rings. The van der Waals surface area contributed by atoms with E-state index in [2.05, 4.69) is 31.2 Å². The zero-order valence-corrected chi connectivity index (χ0v) is 14.0. The highest BCUT2D eigenvalue weighted by atomic mass is 32.2. The van der Waals surface area contributed by atoms with Crippen molar-refractivity contribution in [3.05, 3.63) is 30.3 Å². The van der Waals surface area contributed by atoms with E-state index in [4.69, 9.17) is 0 Å². The average molecular weight is 304 g/mol. The molecule has 116 valence electrons. The van der Waals surface area contributed by atoms with Gasteiger partial charge < -0.3 is 0 Å². The Morgan fingerprint density at radius 3 is 2.52 bits per heavy atom. The summed E-state index contributed by atoms with van der Waals surface area (Å²) >= 11 is 1.79. The van der Waals surface area contributed by atoms with Gasteiger partial charge in [-0.15, -0.1) is 11.8 Å². The monoisotopic (exact) mass is 304 g/mol. The second-order valence-corrected chi connectivity index (χ2v) is 7.43. The topological polar surface area (TPSA) is 17.1 Å². The molecule has 2 heteroatoms. The molecule has 1 aliphatic carbocycles. The lowest BCUT2D eigenvalue weighted by atomic mass is 9.84. The number of carbonyl (C=O) groups is 1. The number of rotatable bonds is 8. The standard InChI is InChI=1S/C19H28OS/c1-2-3-6-15-18(21-17-13-9-5-10-14-17)19(20)16-11-7-4-8-12-16/h5,9-10,13-14,16,18H,2-4,6-8,11-12,15H2,1H3. The summed E-state index contributed by atoms with van der Waals surface area (Å²) in [4.78, 5) is 14.1. The minimum absolute atomic E-state index is 0.169. The molecule has 1 aromatic carbocycles. The van der Waals surface area contributed by atoms with Gasteiger partial charge in [0, 0.05) is 10.8 Å². The van der Waals surface area contributed by atoms with Crippen LogP contribution in [0.1, 0.15) is 64.7 Å². The van der Waals surface area contributed by atoms with Gasteiger partial charge in [0.05, 0.1) is 5.25 Å². The van der Waals surface area contributed by atoms with Crippen LogP contribution in [0.25, 0.3) is 0 Å². The van der Waals surface area contributed by atoms with Gasteiger partial charge in [0.1, 0.15) is 5.78 Å². The van der Waals surface area contributed by atoms with E-state index < -0.39 is 0 Å². The van der Waals surface area contributed by atoms with Crippen LogP contribution in [0.5, 0.6) is 0 Å². The maximum Gasteiger partial charge on any atom is 0.149 e. The van der Waals surface area contributed by atoms with Crippen LogP contribution in [-0.2, 0) is 4.79 Å². The molecule has 0 spiro atoms. The predicted molar refractivity (Wildman–Crippen MR) is 91.8 cm³/mol. The highest BCUT2D eigenvalue weighted by Crippen LogP contribution is 2.33. The normalized spacial score (nSPS) is 17.6. The minimum Gasteiger partial charge on any atom is -0.298 e. The quantitative estimate of drug-likeness (QED) is 0.441. The SMILES string of the molecule is CCCCCC(Sc1ccccc1)C(=O)C1CCCCC1. The number of thioether (sulfide) groups is 1. The molecule has 0 radical (unpaired) electrons. The van der Waals surface area contributed by atoms with Crippen molar-refractivity contribution in [1.82, 2.24) is 0 Å². The Bertz CT molecular complexity index is 409. The van der Waals surface area contributed by atoms with E-state index in [1.54, 1.807) is 11.8 Å². The summed E-state index contributed by atoms with van der Waals surface area (Å²) in [7, 11) is 0. The lowest BCUT2D eigenvalue weighted by molar-refractivity contribution is -0.123. The van der Waals surface area contributed by atoms with Crippen molar-refractivity contribution in [3.63, 3.8) is 0 Å². The molecule has 1 atom stereocenters. The molecule has 1 saturated carbocycles. The van der Waals surface area contributed by atoms with E-state index in [-0.39, 0.29) is 5.25 Å². The molecule has 1 fully saturated rings. The minimum atomic E-state index is 0.169. The summed E-state index contributed by atoms with van der Waals surface area (Å²) in [5.74, 6) is 0.862. The lowest BCUT2D eigenvalue weighted by Crippen LogP contribution is -2.27. The lowest BCUT2D eigenvalue weighted by Gasteiger charge is -2.25. The molecule has 0 bridgehead atoms. The van der Waals surface area contributed by atoms with Gasteiger partial charge in [-0.2, -0.15) is 0 Å². The Hall–Kier alpha value is -0.760. The van der Waals surface area contributed by atoms with Gasteiger partial charge in [0.15, 0.2) is 0 Å². The smallest absolute Gasteiger partial charge is 0.149 e.